The van der Waals surface area contributed by atoms with Crippen LogP contribution in [-0.2, 0) is 9.84 Å². The van der Waals surface area contributed by atoms with Crippen molar-refractivity contribution >= 4 is 9.84 Å². The molecule has 0 radical (unpaired) electrons. The molecule has 5 nitrogen and oxygen atoms in total. The van der Waals surface area contributed by atoms with Crippen LogP contribution in [0.5, 0.6) is 0 Å². The van der Waals surface area contributed by atoms with Gasteiger partial charge in [-0.2, -0.15) is 10.5 Å². The molecule has 0 atom stereocenters. The normalized spacial score (nSPS) is 8.79. The molecule has 1 aromatic rings. The second kappa shape index (κ2) is 5.68. The molecule has 1 rings (SSSR count). The molecule has 0 saturated carbocycles. The highest BCUT2D eigenvalue weighted by atomic mass is 32.2. The fraction of sp³-hybridized carbons (Fsp3) is 0.125. The first kappa shape index (κ1) is 12.1. The van der Waals surface area contributed by atoms with Gasteiger partial charge in [-0.1, -0.05) is 0 Å². The van der Waals surface area contributed by atoms with Crippen molar-refractivity contribution < 1.29 is 8.42 Å². The van der Waals surface area contributed by atoms with E-state index in [-0.39, 0.29) is 0 Å². The number of hydrogen-bond donors (Lipinski definition) is 0. The first-order chi connectivity index (χ1) is 6.52. The van der Waals surface area contributed by atoms with Gasteiger partial charge >= 0.3 is 0 Å². The van der Waals surface area contributed by atoms with Gasteiger partial charge in [-0.3, -0.25) is 4.98 Å². The van der Waals surface area contributed by atoms with E-state index in [0.29, 0.717) is 4.90 Å². The summed E-state index contributed by atoms with van der Waals surface area (Å²) in [6.45, 7) is 0. The van der Waals surface area contributed by atoms with Crippen molar-refractivity contribution in [3.63, 3.8) is 0 Å². The minimum atomic E-state index is -3.04. The highest BCUT2D eigenvalue weighted by molar-refractivity contribution is 7.90. The third-order valence-electron chi connectivity index (χ3n) is 1.13. The van der Waals surface area contributed by atoms with E-state index in [2.05, 4.69) is 4.98 Å². The van der Waals surface area contributed by atoms with E-state index in [1.54, 1.807) is 0 Å². The molecule has 0 aliphatic heterocycles. The maximum atomic E-state index is 10.8. The van der Waals surface area contributed by atoms with Gasteiger partial charge in [0.15, 0.2) is 22.0 Å². The van der Waals surface area contributed by atoms with Crippen LogP contribution in [0.3, 0.4) is 0 Å². The summed E-state index contributed by atoms with van der Waals surface area (Å²) in [6.07, 6.45) is 4.08. The summed E-state index contributed by atoms with van der Waals surface area (Å²) in [6, 6.07) is 5.41. The Bertz CT molecular complexity index is 442. The van der Waals surface area contributed by atoms with E-state index in [1.165, 1.54) is 42.9 Å². The van der Waals surface area contributed by atoms with E-state index < -0.39 is 9.84 Å². The SMILES string of the molecule is CS(=O)(=O)c1ccncc1.N#CC#N. The van der Waals surface area contributed by atoms with E-state index in [0.717, 1.165) is 0 Å². The molecular weight excluding hydrogens is 202 g/mol. The summed E-state index contributed by atoms with van der Waals surface area (Å²) >= 11 is 0. The summed E-state index contributed by atoms with van der Waals surface area (Å²) < 4.78 is 21.6. The van der Waals surface area contributed by atoms with Gasteiger partial charge in [0.1, 0.15) is 0 Å². The molecule has 6 heteroatoms. The number of nitriles is 2. The Morgan fingerprint density at radius 3 is 1.86 bits per heavy atom. The number of nitrogens with zero attached hydrogens (tertiary/aromatic N) is 3. The molecule has 14 heavy (non-hydrogen) atoms. The highest BCUT2D eigenvalue weighted by Gasteiger charge is 2.03. The smallest absolute Gasteiger partial charge is 0.181 e. The van der Waals surface area contributed by atoms with Crippen LogP contribution in [0.2, 0.25) is 0 Å². The number of pyridine rings is 1. The summed E-state index contributed by atoms with van der Waals surface area (Å²) in [5.41, 5.74) is 0. The van der Waals surface area contributed by atoms with Crippen molar-refractivity contribution in [1.29, 1.82) is 10.5 Å². The van der Waals surface area contributed by atoms with Gasteiger partial charge in [-0.15, -0.1) is 0 Å². The Balaban J connectivity index is 0.000000364. The van der Waals surface area contributed by atoms with Crippen LogP contribution in [0.15, 0.2) is 29.4 Å². The topological polar surface area (TPSA) is 94.6 Å². The Morgan fingerprint density at radius 1 is 1.21 bits per heavy atom. The average Bonchev–Trinajstić information content (AvgIpc) is 2.18. The number of aromatic nitrogens is 1. The third-order valence-corrected chi connectivity index (χ3v) is 2.26. The minimum absolute atomic E-state index is 0.308. The van der Waals surface area contributed by atoms with E-state index in [1.807, 2.05) is 0 Å². The number of rotatable bonds is 1. The zero-order chi connectivity index (χ0) is 11.0. The standard InChI is InChI=1S/C6H7NO2S.C2N2/c1-10(8,9)6-2-4-7-5-3-6;3-1-2-4/h2-5H,1H3;. The molecule has 0 aliphatic carbocycles. The van der Waals surface area contributed by atoms with Crippen molar-refractivity contribution in [1.82, 2.24) is 4.98 Å². The van der Waals surface area contributed by atoms with Gasteiger partial charge in [0.2, 0.25) is 0 Å². The zero-order valence-corrected chi connectivity index (χ0v) is 8.19. The van der Waals surface area contributed by atoms with Crippen LogP contribution in [0.25, 0.3) is 0 Å². The summed E-state index contributed by atoms with van der Waals surface area (Å²) in [4.78, 5) is 4.00. The van der Waals surface area contributed by atoms with E-state index >= 15 is 0 Å². The van der Waals surface area contributed by atoms with Crippen molar-refractivity contribution in [3.8, 4) is 12.1 Å². The predicted octanol–water partition coefficient (Wildman–Crippen LogP) is 0.519. The quantitative estimate of drug-likeness (QED) is 0.671. The molecule has 0 unspecified atom stereocenters. The minimum Gasteiger partial charge on any atom is -0.265 e. The van der Waals surface area contributed by atoms with E-state index in [4.69, 9.17) is 10.5 Å². The molecule has 72 valence electrons. The van der Waals surface area contributed by atoms with Crippen LogP contribution in [0, 0.1) is 22.7 Å². The Hall–Kier alpha value is -1.92. The van der Waals surface area contributed by atoms with Gasteiger partial charge in [-0.05, 0) is 12.1 Å². The average molecular weight is 209 g/mol. The lowest BCUT2D eigenvalue weighted by atomic mass is 10.5. The molecule has 0 spiro atoms. The van der Waals surface area contributed by atoms with Gasteiger partial charge in [-0.25, -0.2) is 8.42 Å². The Kier molecular flexibility index (Phi) is 4.90. The second-order valence-electron chi connectivity index (χ2n) is 2.18. The van der Waals surface area contributed by atoms with Crippen LogP contribution in [0.1, 0.15) is 0 Å². The highest BCUT2D eigenvalue weighted by Crippen LogP contribution is 2.03. The van der Waals surface area contributed by atoms with Crippen molar-refractivity contribution in [2.24, 2.45) is 0 Å². The monoisotopic (exact) mass is 209 g/mol. The number of hydrogen-bond acceptors (Lipinski definition) is 5. The lowest BCUT2D eigenvalue weighted by molar-refractivity contribution is 0.601. The van der Waals surface area contributed by atoms with Gasteiger partial charge in [0.05, 0.1) is 4.90 Å². The summed E-state index contributed by atoms with van der Waals surface area (Å²) in [7, 11) is -3.04. The summed E-state index contributed by atoms with van der Waals surface area (Å²) in [5.74, 6) is 0. The van der Waals surface area contributed by atoms with Crippen LogP contribution < -0.4 is 0 Å². The molecule has 1 aromatic heterocycles. The fourth-order valence-electron chi connectivity index (χ4n) is 0.585. The first-order valence-electron chi connectivity index (χ1n) is 3.40. The van der Waals surface area contributed by atoms with Crippen LogP contribution in [-0.4, -0.2) is 19.7 Å². The predicted molar refractivity (Wildman–Crippen MR) is 48.6 cm³/mol. The van der Waals surface area contributed by atoms with Gasteiger partial charge in [0, 0.05) is 18.6 Å². The third kappa shape index (κ3) is 4.86. The fourth-order valence-corrected chi connectivity index (χ4v) is 1.20. The van der Waals surface area contributed by atoms with E-state index in [9.17, 15) is 8.42 Å². The molecule has 0 amide bonds. The Labute approximate surface area is 82.2 Å². The largest absolute Gasteiger partial charge is 0.265 e. The maximum absolute atomic E-state index is 10.8. The molecule has 0 bridgehead atoms. The van der Waals surface area contributed by atoms with Crippen molar-refractivity contribution in [2.75, 3.05) is 6.26 Å². The van der Waals surface area contributed by atoms with Gasteiger partial charge < -0.3 is 0 Å². The van der Waals surface area contributed by atoms with Crippen LogP contribution >= 0.6 is 0 Å². The second-order valence-corrected chi connectivity index (χ2v) is 4.19. The lowest BCUT2D eigenvalue weighted by Crippen LogP contribution is -1.95. The molecule has 0 aliphatic rings. The van der Waals surface area contributed by atoms with Crippen molar-refractivity contribution in [2.45, 2.75) is 4.90 Å². The molecule has 0 N–H and O–H groups in total. The van der Waals surface area contributed by atoms with Crippen molar-refractivity contribution in [3.05, 3.63) is 24.5 Å². The lowest BCUT2D eigenvalue weighted by Gasteiger charge is -1.93. The van der Waals surface area contributed by atoms with Crippen LogP contribution in [0.4, 0.5) is 0 Å². The molecular formula is C8H7N3O2S. The molecule has 0 aromatic carbocycles. The molecule has 1 heterocycles. The van der Waals surface area contributed by atoms with Gasteiger partial charge in [0.25, 0.3) is 0 Å². The number of sulfone groups is 1. The Morgan fingerprint density at radius 2 is 1.64 bits per heavy atom. The summed E-state index contributed by atoms with van der Waals surface area (Å²) in [5, 5.41) is 14.5. The maximum Gasteiger partial charge on any atom is 0.181 e. The first-order valence-corrected chi connectivity index (χ1v) is 5.29. The molecule has 0 saturated heterocycles. The zero-order valence-electron chi connectivity index (χ0n) is 7.38. The molecule has 0 fully saturated rings.